The van der Waals surface area contributed by atoms with Crippen molar-refractivity contribution in [1.82, 2.24) is 0 Å². The lowest BCUT2D eigenvalue weighted by Gasteiger charge is -2.12. The van der Waals surface area contributed by atoms with Gasteiger partial charge in [0.05, 0.1) is 11.1 Å². The second kappa shape index (κ2) is 8.38. The zero-order valence-electron chi connectivity index (χ0n) is 14.5. The Morgan fingerprint density at radius 2 is 1.52 bits per heavy atom. The molecular weight excluding hydrogens is 404 g/mol. The van der Waals surface area contributed by atoms with E-state index in [-0.39, 0.29) is 17.4 Å². The van der Waals surface area contributed by atoms with Crippen LogP contribution in [0, 0.1) is 0 Å². The van der Waals surface area contributed by atoms with Gasteiger partial charge < -0.3 is 10.5 Å². The van der Waals surface area contributed by atoms with Crippen LogP contribution in [0.5, 0.6) is 5.75 Å². The maximum atomic E-state index is 12.9. The van der Waals surface area contributed by atoms with Gasteiger partial charge in [0.1, 0.15) is 5.75 Å². The molecule has 2 aromatic carbocycles. The minimum absolute atomic E-state index is 0.00128. The Bertz CT molecular complexity index is 915. The third kappa shape index (κ3) is 6.37. The summed E-state index contributed by atoms with van der Waals surface area (Å²) in [5.74, 6) is -1.30. The summed E-state index contributed by atoms with van der Waals surface area (Å²) in [6.07, 6.45) is -8.29. The van der Waals surface area contributed by atoms with Gasteiger partial charge in [0.15, 0.2) is 12.4 Å². The number of alkyl halides is 6. The highest BCUT2D eigenvalue weighted by Gasteiger charge is 2.36. The van der Waals surface area contributed by atoms with Crippen LogP contribution >= 0.6 is 0 Å². The first-order chi connectivity index (χ1) is 13.4. The molecule has 0 atom stereocenters. The average Bonchev–Trinajstić information content (AvgIpc) is 2.63. The average molecular weight is 417 g/mol. The van der Waals surface area contributed by atoms with E-state index < -0.39 is 47.3 Å². The van der Waals surface area contributed by atoms with Crippen molar-refractivity contribution in [2.24, 2.45) is 5.73 Å². The van der Waals surface area contributed by atoms with Crippen LogP contribution in [0.4, 0.5) is 26.3 Å². The van der Waals surface area contributed by atoms with Gasteiger partial charge in [-0.2, -0.15) is 26.3 Å². The van der Waals surface area contributed by atoms with Gasteiger partial charge in [-0.05, 0) is 42.0 Å². The molecule has 10 heteroatoms. The number of allylic oxidation sites excluding steroid dienone is 1. The van der Waals surface area contributed by atoms with E-state index in [1.807, 2.05) is 0 Å². The molecule has 1 amide bonds. The fraction of sp³-hybridized carbons (Fsp3) is 0.158. The molecule has 0 saturated carbocycles. The standard InChI is InChI=1S/C19H13F6NO3/c20-18(21,22)13-6-11(7-14(9-13)19(23,24)25)4-5-16(27)12-2-1-3-15(8-12)29-10-17(26)28/h1-9H,10H2,(H2,26,28)/b5-4+. The summed E-state index contributed by atoms with van der Waals surface area (Å²) in [6, 6.07) is 6.48. The van der Waals surface area contributed by atoms with Crippen molar-refractivity contribution >= 4 is 17.8 Å². The maximum Gasteiger partial charge on any atom is 0.416 e. The Morgan fingerprint density at radius 3 is 2.03 bits per heavy atom. The van der Waals surface area contributed by atoms with Crippen molar-refractivity contribution in [1.29, 1.82) is 0 Å². The third-order valence-electron chi connectivity index (χ3n) is 3.54. The zero-order valence-corrected chi connectivity index (χ0v) is 14.5. The molecule has 2 rings (SSSR count). The van der Waals surface area contributed by atoms with Crippen molar-refractivity contribution < 1.29 is 40.7 Å². The van der Waals surface area contributed by atoms with E-state index in [1.165, 1.54) is 24.3 Å². The summed E-state index contributed by atoms with van der Waals surface area (Å²) in [6.45, 7) is -0.433. The molecule has 29 heavy (non-hydrogen) atoms. The lowest BCUT2D eigenvalue weighted by molar-refractivity contribution is -0.143. The van der Waals surface area contributed by atoms with Crippen molar-refractivity contribution in [3.05, 3.63) is 70.8 Å². The molecule has 0 aromatic heterocycles. The van der Waals surface area contributed by atoms with Gasteiger partial charge >= 0.3 is 12.4 Å². The molecule has 0 bridgehead atoms. The number of nitrogens with two attached hydrogens (primary N) is 1. The molecule has 0 aliphatic heterocycles. The highest BCUT2D eigenvalue weighted by atomic mass is 19.4. The number of rotatable bonds is 6. The van der Waals surface area contributed by atoms with Gasteiger partial charge in [-0.15, -0.1) is 0 Å². The van der Waals surface area contributed by atoms with E-state index in [0.717, 1.165) is 12.2 Å². The summed E-state index contributed by atoms with van der Waals surface area (Å²) in [5, 5.41) is 0. The maximum absolute atomic E-state index is 12.9. The molecule has 0 heterocycles. The molecular formula is C19H13F6NO3. The minimum atomic E-state index is -4.99. The van der Waals surface area contributed by atoms with E-state index in [4.69, 9.17) is 10.5 Å². The molecule has 2 N–H and O–H groups in total. The number of halogens is 6. The second-order valence-electron chi connectivity index (χ2n) is 5.82. The van der Waals surface area contributed by atoms with E-state index in [0.29, 0.717) is 12.1 Å². The predicted molar refractivity (Wildman–Crippen MR) is 90.9 cm³/mol. The van der Waals surface area contributed by atoms with Crippen LogP contribution in [-0.2, 0) is 17.1 Å². The van der Waals surface area contributed by atoms with Crippen LogP contribution in [0.25, 0.3) is 6.08 Å². The molecule has 0 spiro atoms. The van der Waals surface area contributed by atoms with Gasteiger partial charge in [-0.25, -0.2) is 0 Å². The SMILES string of the molecule is NC(=O)COc1cccc(C(=O)/C=C/c2cc(C(F)(F)F)cc(C(F)(F)F)c2)c1. The van der Waals surface area contributed by atoms with Crippen molar-refractivity contribution in [3.8, 4) is 5.75 Å². The van der Waals surface area contributed by atoms with Crippen LogP contribution in [0.15, 0.2) is 48.5 Å². The largest absolute Gasteiger partial charge is 0.484 e. The van der Waals surface area contributed by atoms with Gasteiger partial charge in [-0.1, -0.05) is 18.2 Å². The minimum Gasteiger partial charge on any atom is -0.484 e. The lowest BCUT2D eigenvalue weighted by Crippen LogP contribution is -2.20. The van der Waals surface area contributed by atoms with Crippen molar-refractivity contribution in [3.63, 3.8) is 0 Å². The number of benzene rings is 2. The number of hydrogen-bond donors (Lipinski definition) is 1. The first-order valence-electron chi connectivity index (χ1n) is 7.89. The van der Waals surface area contributed by atoms with Crippen LogP contribution in [0.3, 0.4) is 0 Å². The Balaban J connectivity index is 2.30. The smallest absolute Gasteiger partial charge is 0.416 e. The lowest BCUT2D eigenvalue weighted by atomic mass is 10.0. The summed E-state index contributed by atoms with van der Waals surface area (Å²) in [7, 11) is 0. The zero-order chi connectivity index (χ0) is 21.8. The monoisotopic (exact) mass is 417 g/mol. The predicted octanol–water partition coefficient (Wildman–Crippen LogP) is 4.48. The summed E-state index contributed by atoms with van der Waals surface area (Å²) in [4.78, 5) is 22.9. The molecule has 0 aliphatic carbocycles. The molecule has 2 aromatic rings. The molecule has 0 aliphatic rings. The number of hydrogen-bond acceptors (Lipinski definition) is 3. The highest BCUT2D eigenvalue weighted by Crippen LogP contribution is 2.36. The van der Waals surface area contributed by atoms with Gasteiger partial charge in [0.25, 0.3) is 5.91 Å². The number of ether oxygens (including phenoxy) is 1. The van der Waals surface area contributed by atoms with E-state index in [9.17, 15) is 35.9 Å². The fourth-order valence-electron chi connectivity index (χ4n) is 2.24. The highest BCUT2D eigenvalue weighted by molar-refractivity contribution is 6.07. The van der Waals surface area contributed by atoms with Crippen molar-refractivity contribution in [2.45, 2.75) is 12.4 Å². The van der Waals surface area contributed by atoms with Gasteiger partial charge in [0, 0.05) is 5.56 Å². The number of amides is 1. The van der Waals surface area contributed by atoms with Crippen LogP contribution in [-0.4, -0.2) is 18.3 Å². The first-order valence-corrected chi connectivity index (χ1v) is 7.89. The molecule has 0 fully saturated rings. The fourth-order valence-corrected chi connectivity index (χ4v) is 2.24. The Morgan fingerprint density at radius 1 is 0.931 bits per heavy atom. The van der Waals surface area contributed by atoms with Crippen LogP contribution in [0.2, 0.25) is 0 Å². The molecule has 0 saturated heterocycles. The van der Waals surface area contributed by atoms with E-state index >= 15 is 0 Å². The van der Waals surface area contributed by atoms with Crippen LogP contribution in [0.1, 0.15) is 27.0 Å². The first kappa shape index (κ1) is 22.0. The third-order valence-corrected chi connectivity index (χ3v) is 3.54. The molecule has 0 unspecified atom stereocenters. The Kier molecular flexibility index (Phi) is 6.35. The number of carbonyl (C=O) groups is 2. The summed E-state index contributed by atoms with van der Waals surface area (Å²) in [5.41, 5.74) is 1.57. The topological polar surface area (TPSA) is 69.4 Å². The van der Waals surface area contributed by atoms with Gasteiger partial charge in [-0.3, -0.25) is 9.59 Å². The normalized spacial score (nSPS) is 12.2. The summed E-state index contributed by atoms with van der Waals surface area (Å²) < 4.78 is 82.2. The number of ketones is 1. The Labute approximate surface area is 160 Å². The number of carbonyl (C=O) groups excluding carboxylic acids is 2. The molecule has 0 radical (unpaired) electrons. The Hall–Kier alpha value is -3.30. The van der Waals surface area contributed by atoms with Gasteiger partial charge in [0.2, 0.25) is 0 Å². The number of primary amides is 1. The molecule has 154 valence electrons. The second-order valence-corrected chi connectivity index (χ2v) is 5.82. The summed E-state index contributed by atoms with van der Waals surface area (Å²) >= 11 is 0. The van der Waals surface area contributed by atoms with E-state index in [1.54, 1.807) is 0 Å². The molecule has 4 nitrogen and oxygen atoms in total. The quantitative estimate of drug-likeness (QED) is 0.428. The van der Waals surface area contributed by atoms with Crippen molar-refractivity contribution in [2.75, 3.05) is 6.61 Å². The van der Waals surface area contributed by atoms with E-state index in [2.05, 4.69) is 0 Å². The van der Waals surface area contributed by atoms with Crippen LogP contribution < -0.4 is 10.5 Å².